The van der Waals surface area contributed by atoms with Crippen LogP contribution in [-0.4, -0.2) is 54.3 Å². The van der Waals surface area contributed by atoms with Crippen molar-refractivity contribution in [2.45, 2.75) is 25.2 Å². The van der Waals surface area contributed by atoms with Gasteiger partial charge in [0, 0.05) is 17.5 Å². The summed E-state index contributed by atoms with van der Waals surface area (Å²) in [7, 11) is 0. The number of nitrogens with one attached hydrogen (secondary N) is 1. The predicted octanol–water partition coefficient (Wildman–Crippen LogP) is 3.63. The van der Waals surface area contributed by atoms with Gasteiger partial charge >= 0.3 is 11.9 Å². The molecule has 3 aromatic rings. The molecule has 3 aliphatic carbocycles. The molecule has 1 N–H and O–H groups in total. The molecule has 4 aliphatic rings. The average Bonchev–Trinajstić information content (AvgIpc) is 3.24. The lowest BCUT2D eigenvalue weighted by Gasteiger charge is -2.45. The van der Waals surface area contributed by atoms with Crippen molar-refractivity contribution in [1.29, 1.82) is 0 Å². The average molecular weight is 553 g/mol. The largest absolute Gasteiger partial charge is 0.462 e. The molecule has 0 spiro atoms. The zero-order valence-corrected chi connectivity index (χ0v) is 22.4. The lowest BCUT2D eigenvalue weighted by Crippen LogP contribution is -2.41. The SMILES string of the molecule is CCCOC(=O)c1ccc(NC(=O)COC(=O)CN2C(=O)[C@@H]3C4c5ccccc5C(c5ccccc54)[C@@H]3C2=O)cc1. The highest BCUT2D eigenvalue weighted by atomic mass is 16.5. The lowest BCUT2D eigenvalue weighted by atomic mass is 9.55. The maximum Gasteiger partial charge on any atom is 0.338 e. The minimum absolute atomic E-state index is 0.263. The number of likely N-dealkylation sites (tertiary alicyclic amines) is 1. The predicted molar refractivity (Wildman–Crippen MR) is 147 cm³/mol. The van der Waals surface area contributed by atoms with Crippen molar-refractivity contribution in [3.8, 4) is 0 Å². The molecule has 1 saturated heterocycles. The topological polar surface area (TPSA) is 119 Å². The number of nitrogens with zero attached hydrogens (tertiary/aromatic N) is 1. The number of hydrogen-bond donors (Lipinski definition) is 1. The fourth-order valence-electron chi connectivity index (χ4n) is 6.38. The molecule has 9 nitrogen and oxygen atoms in total. The minimum Gasteiger partial charge on any atom is -0.462 e. The number of anilines is 1. The van der Waals surface area contributed by atoms with E-state index >= 15 is 0 Å². The normalized spacial score (nSPS) is 21.5. The van der Waals surface area contributed by atoms with Gasteiger partial charge < -0.3 is 14.8 Å². The van der Waals surface area contributed by atoms with Crippen LogP contribution in [0.4, 0.5) is 5.69 Å². The molecular weight excluding hydrogens is 524 g/mol. The van der Waals surface area contributed by atoms with Gasteiger partial charge in [-0.05, 0) is 52.9 Å². The van der Waals surface area contributed by atoms with Gasteiger partial charge in [-0.3, -0.25) is 24.1 Å². The van der Waals surface area contributed by atoms with E-state index in [-0.39, 0.29) is 11.8 Å². The Morgan fingerprint density at radius 1 is 0.756 bits per heavy atom. The Balaban J connectivity index is 1.09. The Labute approximate surface area is 236 Å². The first-order chi connectivity index (χ1) is 19.9. The van der Waals surface area contributed by atoms with E-state index in [1.54, 1.807) is 0 Å². The second-order valence-corrected chi connectivity index (χ2v) is 10.4. The summed E-state index contributed by atoms with van der Waals surface area (Å²) in [5.74, 6) is -4.39. The highest BCUT2D eigenvalue weighted by Crippen LogP contribution is 2.60. The first-order valence-electron chi connectivity index (χ1n) is 13.6. The Morgan fingerprint density at radius 3 is 1.76 bits per heavy atom. The van der Waals surface area contributed by atoms with Gasteiger partial charge in [0.25, 0.3) is 5.91 Å². The van der Waals surface area contributed by atoms with Crippen molar-refractivity contribution < 1.29 is 33.4 Å². The summed E-state index contributed by atoms with van der Waals surface area (Å²) in [6.45, 7) is 1.07. The minimum atomic E-state index is -0.850. The maximum atomic E-state index is 13.6. The van der Waals surface area contributed by atoms with Crippen molar-refractivity contribution in [2.75, 3.05) is 25.1 Å². The Kier molecular flexibility index (Phi) is 6.86. The van der Waals surface area contributed by atoms with E-state index in [0.717, 1.165) is 27.2 Å². The molecule has 1 fully saturated rings. The van der Waals surface area contributed by atoms with Gasteiger partial charge in [-0.15, -0.1) is 0 Å². The zero-order chi connectivity index (χ0) is 28.7. The number of benzene rings is 3. The van der Waals surface area contributed by atoms with Crippen molar-refractivity contribution in [1.82, 2.24) is 4.90 Å². The summed E-state index contributed by atoms with van der Waals surface area (Å²) in [4.78, 5) is 65.1. The highest BCUT2D eigenvalue weighted by molar-refractivity contribution is 6.09. The third-order valence-corrected chi connectivity index (χ3v) is 8.03. The van der Waals surface area contributed by atoms with Gasteiger partial charge in [0.1, 0.15) is 6.54 Å². The number of ether oxygens (including phenoxy) is 2. The van der Waals surface area contributed by atoms with Crippen molar-refractivity contribution in [3.05, 3.63) is 101 Å². The highest BCUT2D eigenvalue weighted by Gasteiger charge is 2.61. The molecule has 41 heavy (non-hydrogen) atoms. The summed E-state index contributed by atoms with van der Waals surface area (Å²) >= 11 is 0. The van der Waals surface area contributed by atoms with Crippen LogP contribution in [0.1, 0.15) is 57.8 Å². The second kappa shape index (κ2) is 10.6. The van der Waals surface area contributed by atoms with Gasteiger partial charge in [-0.2, -0.15) is 0 Å². The van der Waals surface area contributed by atoms with E-state index in [0.29, 0.717) is 24.3 Å². The van der Waals surface area contributed by atoms with Crippen molar-refractivity contribution >= 4 is 35.3 Å². The molecule has 2 atom stereocenters. The van der Waals surface area contributed by atoms with Crippen LogP contribution >= 0.6 is 0 Å². The summed E-state index contributed by atoms with van der Waals surface area (Å²) in [5.41, 5.74) is 4.94. The summed E-state index contributed by atoms with van der Waals surface area (Å²) in [5, 5.41) is 2.58. The molecule has 1 heterocycles. The Hall–Kier alpha value is -4.79. The molecule has 208 valence electrons. The van der Waals surface area contributed by atoms with Crippen molar-refractivity contribution in [2.24, 2.45) is 11.8 Å². The zero-order valence-electron chi connectivity index (χ0n) is 22.4. The summed E-state index contributed by atoms with van der Waals surface area (Å²) < 4.78 is 10.2. The number of carbonyl (C=O) groups excluding carboxylic acids is 5. The third-order valence-electron chi connectivity index (χ3n) is 8.03. The van der Waals surface area contributed by atoms with E-state index in [4.69, 9.17) is 9.47 Å². The summed E-state index contributed by atoms with van der Waals surface area (Å²) in [6, 6.07) is 21.9. The van der Waals surface area contributed by atoms with Gasteiger partial charge in [0.2, 0.25) is 11.8 Å². The lowest BCUT2D eigenvalue weighted by molar-refractivity contribution is -0.154. The molecule has 3 amide bonds. The first kappa shape index (κ1) is 26.4. The molecule has 0 aromatic heterocycles. The van der Waals surface area contributed by atoms with Crippen LogP contribution in [0, 0.1) is 11.8 Å². The van der Waals surface area contributed by atoms with Gasteiger partial charge in [-0.1, -0.05) is 55.5 Å². The number of esters is 2. The molecule has 3 aromatic carbocycles. The van der Waals surface area contributed by atoms with Crippen LogP contribution in [0.5, 0.6) is 0 Å². The number of imide groups is 1. The Morgan fingerprint density at radius 2 is 1.27 bits per heavy atom. The van der Waals surface area contributed by atoms with E-state index < -0.39 is 54.6 Å². The molecule has 9 heteroatoms. The van der Waals surface area contributed by atoms with Crippen LogP contribution in [0.2, 0.25) is 0 Å². The number of rotatable bonds is 8. The van der Waals surface area contributed by atoms with E-state index in [9.17, 15) is 24.0 Å². The Bertz CT molecular complexity index is 1450. The van der Waals surface area contributed by atoms with E-state index in [2.05, 4.69) is 5.32 Å². The molecule has 1 aliphatic heterocycles. The van der Waals surface area contributed by atoms with Crippen LogP contribution in [0.3, 0.4) is 0 Å². The fourth-order valence-corrected chi connectivity index (χ4v) is 6.38. The standard InChI is InChI=1S/C32H28N2O7/c1-2-15-40-32(39)18-11-13-19(14-12-18)33-24(35)17-41-25(36)16-34-30(37)28-26-20-7-3-4-8-21(20)27(29(28)31(34)38)23-10-6-5-9-22(23)26/h3-14,26-29H,2,15-17H2,1H3,(H,33,35)/t26?,27?,28-,29+. The number of hydrogen-bond acceptors (Lipinski definition) is 7. The van der Waals surface area contributed by atoms with Gasteiger partial charge in [-0.25, -0.2) is 4.79 Å². The molecule has 0 unspecified atom stereocenters. The molecule has 0 radical (unpaired) electrons. The summed E-state index contributed by atoms with van der Waals surface area (Å²) in [6.07, 6.45) is 0.712. The molecular formula is C32H28N2O7. The molecule has 7 rings (SSSR count). The van der Waals surface area contributed by atoms with Crippen LogP contribution in [0.25, 0.3) is 0 Å². The van der Waals surface area contributed by atoms with Gasteiger partial charge in [0.15, 0.2) is 6.61 Å². The second-order valence-electron chi connectivity index (χ2n) is 10.4. The number of carbonyl (C=O) groups is 5. The van der Waals surface area contributed by atoms with E-state index in [1.807, 2.05) is 55.5 Å². The molecule has 0 saturated carbocycles. The number of amides is 3. The smallest absolute Gasteiger partial charge is 0.338 e. The van der Waals surface area contributed by atoms with Crippen LogP contribution < -0.4 is 5.32 Å². The fraction of sp³-hybridized carbons (Fsp3) is 0.281. The van der Waals surface area contributed by atoms with Crippen molar-refractivity contribution in [3.63, 3.8) is 0 Å². The maximum absolute atomic E-state index is 13.6. The van der Waals surface area contributed by atoms with Gasteiger partial charge in [0.05, 0.1) is 24.0 Å². The van der Waals surface area contributed by atoms with Crippen LogP contribution in [-0.2, 0) is 28.7 Å². The monoisotopic (exact) mass is 552 g/mol. The van der Waals surface area contributed by atoms with E-state index in [1.165, 1.54) is 24.3 Å². The molecule has 2 bridgehead atoms. The quantitative estimate of drug-likeness (QED) is 0.335. The third kappa shape index (κ3) is 4.57. The van der Waals surface area contributed by atoms with Crippen LogP contribution in [0.15, 0.2) is 72.8 Å². The first-order valence-corrected chi connectivity index (χ1v) is 13.6.